The molecule has 1 aliphatic heterocycles. The molecule has 1 aromatic rings. The minimum atomic E-state index is -3.68. The third-order valence-corrected chi connectivity index (χ3v) is 5.83. The summed E-state index contributed by atoms with van der Waals surface area (Å²) in [5, 5.41) is 11.0. The van der Waals surface area contributed by atoms with Crippen LogP contribution in [0.4, 0.5) is 16.2 Å². The molecule has 1 aromatic carbocycles. The number of nitro benzene ring substituents is 1. The third kappa shape index (κ3) is 6.31. The second kappa shape index (κ2) is 10.2. The van der Waals surface area contributed by atoms with Crippen LogP contribution in [0.2, 0.25) is 0 Å². The molecule has 0 atom stereocenters. The molecule has 0 radical (unpaired) electrons. The summed E-state index contributed by atoms with van der Waals surface area (Å²) in [4.78, 5) is 37.7. The van der Waals surface area contributed by atoms with Crippen LogP contribution >= 0.6 is 0 Å². The van der Waals surface area contributed by atoms with Crippen LogP contribution in [0.25, 0.3) is 0 Å². The number of amides is 2. The Morgan fingerprint density at radius 3 is 2.40 bits per heavy atom. The number of nitrogens with zero attached hydrogens (tertiary/aromatic N) is 4. The molecule has 1 fully saturated rings. The first-order valence-corrected chi connectivity index (χ1v) is 11.4. The highest BCUT2D eigenvalue weighted by Crippen LogP contribution is 2.23. The first kappa shape index (κ1) is 23.4. The van der Waals surface area contributed by atoms with Gasteiger partial charge in [0.1, 0.15) is 0 Å². The molecule has 0 N–H and O–H groups in total. The van der Waals surface area contributed by atoms with Crippen LogP contribution in [0, 0.1) is 10.1 Å². The van der Waals surface area contributed by atoms with Gasteiger partial charge in [0.05, 0.1) is 23.5 Å². The van der Waals surface area contributed by atoms with Gasteiger partial charge in [-0.3, -0.25) is 19.2 Å². The van der Waals surface area contributed by atoms with E-state index in [0.717, 1.165) is 10.6 Å². The Labute approximate surface area is 175 Å². The number of hydrogen-bond donors (Lipinski definition) is 0. The van der Waals surface area contributed by atoms with Crippen molar-refractivity contribution < 1.29 is 27.7 Å². The van der Waals surface area contributed by atoms with Gasteiger partial charge in [-0.15, -0.1) is 0 Å². The Morgan fingerprint density at radius 1 is 1.20 bits per heavy atom. The van der Waals surface area contributed by atoms with E-state index in [-0.39, 0.29) is 36.7 Å². The second-order valence-corrected chi connectivity index (χ2v) is 8.69. The van der Waals surface area contributed by atoms with Crippen molar-refractivity contribution in [2.45, 2.75) is 19.8 Å². The minimum Gasteiger partial charge on any atom is -0.450 e. The molecule has 12 heteroatoms. The van der Waals surface area contributed by atoms with Crippen LogP contribution in [-0.2, 0) is 19.6 Å². The summed E-state index contributed by atoms with van der Waals surface area (Å²) in [6.07, 6.45) is 1.00. The second-order valence-electron chi connectivity index (χ2n) is 6.78. The lowest BCUT2D eigenvalue weighted by molar-refractivity contribution is -0.384. The molecule has 0 aromatic heterocycles. The van der Waals surface area contributed by atoms with Gasteiger partial charge in [0.25, 0.3) is 5.69 Å². The molecular weight excluding hydrogens is 416 g/mol. The minimum absolute atomic E-state index is 0.0224. The molecule has 2 rings (SSSR count). The number of nitro groups is 1. The van der Waals surface area contributed by atoms with Crippen LogP contribution in [0.1, 0.15) is 19.8 Å². The highest BCUT2D eigenvalue weighted by molar-refractivity contribution is 7.92. The lowest BCUT2D eigenvalue weighted by Crippen LogP contribution is -2.50. The van der Waals surface area contributed by atoms with Crippen molar-refractivity contribution in [1.82, 2.24) is 9.80 Å². The molecule has 0 unspecified atom stereocenters. The number of ether oxygens (including phenoxy) is 1. The van der Waals surface area contributed by atoms with Crippen LogP contribution in [0.5, 0.6) is 0 Å². The summed E-state index contributed by atoms with van der Waals surface area (Å²) >= 11 is 0. The van der Waals surface area contributed by atoms with Gasteiger partial charge < -0.3 is 14.5 Å². The molecule has 1 saturated heterocycles. The molecule has 2 amide bonds. The van der Waals surface area contributed by atoms with E-state index in [0.29, 0.717) is 32.8 Å². The maximum absolute atomic E-state index is 12.4. The number of anilines is 1. The summed E-state index contributed by atoms with van der Waals surface area (Å²) in [7, 11) is -3.68. The lowest BCUT2D eigenvalue weighted by atomic mass is 10.2. The molecule has 0 aliphatic carbocycles. The van der Waals surface area contributed by atoms with E-state index in [2.05, 4.69) is 0 Å². The molecule has 166 valence electrons. The van der Waals surface area contributed by atoms with E-state index in [4.69, 9.17) is 4.74 Å². The van der Waals surface area contributed by atoms with Crippen molar-refractivity contribution in [3.63, 3.8) is 0 Å². The Balaban J connectivity index is 1.92. The molecule has 1 aliphatic rings. The molecule has 0 bridgehead atoms. The fourth-order valence-corrected chi connectivity index (χ4v) is 4.09. The van der Waals surface area contributed by atoms with Crippen molar-refractivity contribution in [3.05, 3.63) is 34.4 Å². The molecule has 30 heavy (non-hydrogen) atoms. The average Bonchev–Trinajstić information content (AvgIpc) is 2.70. The van der Waals surface area contributed by atoms with E-state index in [1.807, 2.05) is 0 Å². The van der Waals surface area contributed by atoms with Crippen LogP contribution < -0.4 is 4.31 Å². The quantitative estimate of drug-likeness (QED) is 0.440. The van der Waals surface area contributed by atoms with Crippen molar-refractivity contribution in [3.8, 4) is 0 Å². The van der Waals surface area contributed by atoms with Gasteiger partial charge >= 0.3 is 6.09 Å². The molecule has 0 spiro atoms. The fraction of sp³-hybridized carbons (Fsp3) is 0.556. The Kier molecular flexibility index (Phi) is 7.98. The monoisotopic (exact) mass is 442 g/mol. The van der Waals surface area contributed by atoms with Gasteiger partial charge in [-0.1, -0.05) is 6.07 Å². The van der Waals surface area contributed by atoms with Gasteiger partial charge in [0, 0.05) is 51.3 Å². The van der Waals surface area contributed by atoms with Gasteiger partial charge in [-0.25, -0.2) is 13.2 Å². The van der Waals surface area contributed by atoms with Crippen LogP contribution in [-0.4, -0.2) is 80.7 Å². The molecule has 11 nitrogen and oxygen atoms in total. The van der Waals surface area contributed by atoms with E-state index >= 15 is 0 Å². The van der Waals surface area contributed by atoms with Gasteiger partial charge in [0.2, 0.25) is 15.9 Å². The van der Waals surface area contributed by atoms with Gasteiger partial charge in [0.15, 0.2) is 0 Å². The number of piperazine rings is 1. The van der Waals surface area contributed by atoms with E-state index in [9.17, 15) is 28.1 Å². The Morgan fingerprint density at radius 2 is 1.83 bits per heavy atom. The predicted octanol–water partition coefficient (Wildman–Crippen LogP) is 1.44. The smallest absolute Gasteiger partial charge is 0.409 e. The standard InChI is InChI=1S/C18H26N4O7S/c1-3-29-18(24)20-12-10-19(11-13-20)17(23)8-5-9-21(30(2,27)28)15-6-4-7-16(14-15)22(25)26/h4,6-7,14H,3,5,8-13H2,1-2H3. The summed E-state index contributed by atoms with van der Waals surface area (Å²) in [6, 6.07) is 5.37. The van der Waals surface area contributed by atoms with Crippen LogP contribution in [0.3, 0.4) is 0 Å². The van der Waals surface area contributed by atoms with E-state index < -0.39 is 21.0 Å². The summed E-state index contributed by atoms with van der Waals surface area (Å²) in [5.41, 5.74) is -0.0288. The largest absolute Gasteiger partial charge is 0.450 e. The highest BCUT2D eigenvalue weighted by Gasteiger charge is 2.25. The molecular formula is C18H26N4O7S. The number of sulfonamides is 1. The van der Waals surface area contributed by atoms with Crippen molar-refractivity contribution in [2.75, 3.05) is 49.9 Å². The molecule has 1 heterocycles. The van der Waals surface area contributed by atoms with E-state index in [1.54, 1.807) is 16.7 Å². The maximum atomic E-state index is 12.4. The number of carbonyl (C=O) groups is 2. The van der Waals surface area contributed by atoms with E-state index in [1.165, 1.54) is 24.3 Å². The zero-order chi connectivity index (χ0) is 22.3. The Bertz CT molecular complexity index is 882. The highest BCUT2D eigenvalue weighted by atomic mass is 32.2. The molecule has 0 saturated carbocycles. The first-order chi connectivity index (χ1) is 14.1. The van der Waals surface area contributed by atoms with Gasteiger partial charge in [-0.05, 0) is 19.4 Å². The van der Waals surface area contributed by atoms with Crippen molar-refractivity contribution >= 4 is 33.4 Å². The van der Waals surface area contributed by atoms with Crippen molar-refractivity contribution in [2.24, 2.45) is 0 Å². The van der Waals surface area contributed by atoms with Crippen molar-refractivity contribution in [1.29, 1.82) is 0 Å². The number of carbonyl (C=O) groups excluding carboxylic acids is 2. The fourth-order valence-electron chi connectivity index (χ4n) is 3.13. The SMILES string of the molecule is CCOC(=O)N1CCN(C(=O)CCCN(c2cccc([N+](=O)[O-])c2)S(C)(=O)=O)CC1. The topological polar surface area (TPSA) is 130 Å². The zero-order valence-corrected chi connectivity index (χ0v) is 17.8. The van der Waals surface area contributed by atoms with Gasteiger partial charge in [-0.2, -0.15) is 0 Å². The summed E-state index contributed by atoms with van der Waals surface area (Å²) in [6.45, 7) is 3.58. The maximum Gasteiger partial charge on any atom is 0.409 e. The summed E-state index contributed by atoms with van der Waals surface area (Å²) < 4.78 is 30.3. The predicted molar refractivity (Wildman–Crippen MR) is 110 cm³/mol. The summed E-state index contributed by atoms with van der Waals surface area (Å²) in [5.74, 6) is -0.133. The zero-order valence-electron chi connectivity index (χ0n) is 17.0. The number of rotatable bonds is 8. The number of benzene rings is 1. The Hall–Kier alpha value is -2.89. The number of non-ortho nitro benzene ring substituents is 1. The third-order valence-electron chi connectivity index (χ3n) is 4.64. The van der Waals surface area contributed by atoms with Crippen LogP contribution in [0.15, 0.2) is 24.3 Å². The average molecular weight is 442 g/mol. The lowest BCUT2D eigenvalue weighted by Gasteiger charge is -2.34. The first-order valence-electron chi connectivity index (χ1n) is 9.55. The normalized spacial score (nSPS) is 14.3. The number of hydrogen-bond acceptors (Lipinski definition) is 7.